The molecule has 3 atom stereocenters. The minimum Gasteiger partial charge on any atom is -0.179 e. The molecule has 2 aliphatic rings. The average Bonchev–Trinajstić information content (AvgIpc) is 2.91. The van der Waals surface area contributed by atoms with E-state index in [1.54, 1.807) is 5.57 Å². The zero-order valence-corrected chi connectivity index (χ0v) is 12.6. The highest BCUT2D eigenvalue weighted by atomic mass is 32.1. The van der Waals surface area contributed by atoms with E-state index in [0.29, 0.717) is 11.8 Å². The minimum atomic E-state index is 0.222. The van der Waals surface area contributed by atoms with E-state index in [1.807, 2.05) is 0 Å². The zero-order valence-electron chi connectivity index (χ0n) is 11.7. The molecule has 0 nitrogen and oxygen atoms in total. The molecule has 0 radical (unpaired) electrons. The van der Waals surface area contributed by atoms with E-state index in [1.165, 1.54) is 11.1 Å². The van der Waals surface area contributed by atoms with Crippen molar-refractivity contribution in [1.82, 2.24) is 0 Å². The summed E-state index contributed by atoms with van der Waals surface area (Å²) in [5.41, 5.74) is 4.72. The van der Waals surface area contributed by atoms with Crippen molar-refractivity contribution >= 4 is 12.6 Å². The summed E-state index contributed by atoms with van der Waals surface area (Å²) in [7, 11) is 0. The molecule has 0 bridgehead atoms. The molecular weight excluding hydrogens is 224 g/mol. The highest BCUT2D eigenvalue weighted by molar-refractivity contribution is 7.80. The lowest BCUT2D eigenvalue weighted by molar-refractivity contribution is 0.227. The highest BCUT2D eigenvalue weighted by Gasteiger charge is 2.55. The average molecular weight is 248 g/mol. The van der Waals surface area contributed by atoms with Crippen molar-refractivity contribution in [2.45, 2.75) is 34.6 Å². The summed E-state index contributed by atoms with van der Waals surface area (Å²) in [6.45, 7) is 15.6. The summed E-state index contributed by atoms with van der Waals surface area (Å²) >= 11 is 4.41. The molecule has 0 aromatic carbocycles. The second-order valence-corrected chi connectivity index (χ2v) is 6.79. The van der Waals surface area contributed by atoms with Gasteiger partial charge in [0.1, 0.15) is 0 Å². The fourth-order valence-corrected chi connectivity index (χ4v) is 3.68. The van der Waals surface area contributed by atoms with Crippen molar-refractivity contribution in [1.29, 1.82) is 0 Å². The molecule has 0 saturated heterocycles. The van der Waals surface area contributed by atoms with Crippen molar-refractivity contribution in [3.63, 3.8) is 0 Å². The van der Waals surface area contributed by atoms with Gasteiger partial charge < -0.3 is 0 Å². The fraction of sp³-hybridized carbons (Fsp3) is 0.625. The highest BCUT2D eigenvalue weighted by Crippen LogP contribution is 2.64. The van der Waals surface area contributed by atoms with Gasteiger partial charge in [-0.15, -0.1) is 0 Å². The number of rotatable bonds is 4. The van der Waals surface area contributed by atoms with Crippen LogP contribution in [0.4, 0.5) is 0 Å². The normalized spacial score (nSPS) is 35.9. The minimum absolute atomic E-state index is 0.222. The van der Waals surface area contributed by atoms with E-state index in [9.17, 15) is 0 Å². The molecule has 0 aromatic heterocycles. The molecule has 94 valence electrons. The standard InChI is InChI=1S/C16H24S/c1-10(2)14-8-16(14,6)15(4,5)13-7-12(9-17)11(13)3/h7-8,11-12,17H,1,9H2,2-6H3. The van der Waals surface area contributed by atoms with Crippen LogP contribution in [0.1, 0.15) is 34.6 Å². The van der Waals surface area contributed by atoms with Crippen LogP contribution in [0.25, 0.3) is 0 Å². The topological polar surface area (TPSA) is 0 Å². The van der Waals surface area contributed by atoms with Crippen LogP contribution in [0.15, 0.2) is 35.5 Å². The van der Waals surface area contributed by atoms with Crippen LogP contribution < -0.4 is 0 Å². The van der Waals surface area contributed by atoms with Crippen molar-refractivity contribution in [2.24, 2.45) is 22.7 Å². The van der Waals surface area contributed by atoms with Gasteiger partial charge in [0.15, 0.2) is 0 Å². The van der Waals surface area contributed by atoms with Crippen molar-refractivity contribution in [2.75, 3.05) is 5.75 Å². The lowest BCUT2D eigenvalue weighted by Gasteiger charge is -2.46. The molecule has 0 N–H and O–H groups in total. The first-order chi connectivity index (χ1) is 7.75. The molecule has 0 aliphatic heterocycles. The Balaban J connectivity index is 2.20. The molecule has 0 aromatic rings. The van der Waals surface area contributed by atoms with Crippen LogP contribution in [0.5, 0.6) is 0 Å². The third-order valence-corrected chi connectivity index (χ3v) is 5.55. The molecule has 0 amide bonds. The van der Waals surface area contributed by atoms with Crippen molar-refractivity contribution in [3.8, 4) is 0 Å². The monoisotopic (exact) mass is 248 g/mol. The fourth-order valence-electron chi connectivity index (χ4n) is 3.26. The van der Waals surface area contributed by atoms with Gasteiger partial charge in [-0.25, -0.2) is 0 Å². The predicted molar refractivity (Wildman–Crippen MR) is 79.4 cm³/mol. The lowest BCUT2D eigenvalue weighted by atomic mass is 9.58. The summed E-state index contributed by atoms with van der Waals surface area (Å²) in [5.74, 6) is 2.32. The Hall–Kier alpha value is -0.430. The van der Waals surface area contributed by atoms with E-state index >= 15 is 0 Å². The van der Waals surface area contributed by atoms with E-state index < -0.39 is 0 Å². The second-order valence-electron chi connectivity index (χ2n) is 6.42. The van der Waals surface area contributed by atoms with Crippen LogP contribution in [0.2, 0.25) is 0 Å². The third-order valence-electron chi connectivity index (χ3n) is 5.13. The smallest absolute Gasteiger partial charge is 0.0198 e. The van der Waals surface area contributed by atoms with E-state index in [2.05, 4.69) is 66.0 Å². The summed E-state index contributed by atoms with van der Waals surface area (Å²) in [4.78, 5) is 0. The van der Waals surface area contributed by atoms with Gasteiger partial charge in [0.25, 0.3) is 0 Å². The van der Waals surface area contributed by atoms with E-state index in [-0.39, 0.29) is 10.8 Å². The molecule has 0 saturated carbocycles. The first-order valence-corrected chi connectivity index (χ1v) is 7.11. The molecule has 1 heteroatoms. The SMILES string of the molecule is C=C(C)C1=CC1(C)C(C)(C)C1=CC(CS)C1C. The van der Waals surface area contributed by atoms with Gasteiger partial charge in [0, 0.05) is 5.41 Å². The van der Waals surface area contributed by atoms with Crippen LogP contribution in [-0.2, 0) is 0 Å². The van der Waals surface area contributed by atoms with Crippen LogP contribution in [0, 0.1) is 22.7 Å². The Kier molecular flexibility index (Phi) is 2.89. The first kappa shape index (κ1) is 13.0. The van der Waals surface area contributed by atoms with Crippen LogP contribution in [-0.4, -0.2) is 5.75 Å². The van der Waals surface area contributed by atoms with Gasteiger partial charge in [0.05, 0.1) is 0 Å². The summed E-state index contributed by atoms with van der Waals surface area (Å²) < 4.78 is 0. The molecule has 0 fully saturated rings. The Bertz CT molecular complexity index is 425. The second kappa shape index (κ2) is 3.78. The molecule has 3 unspecified atom stereocenters. The quantitative estimate of drug-likeness (QED) is 0.543. The molecule has 0 heterocycles. The van der Waals surface area contributed by atoms with Gasteiger partial charge in [0.2, 0.25) is 0 Å². The maximum absolute atomic E-state index is 4.41. The van der Waals surface area contributed by atoms with Gasteiger partial charge in [-0.1, -0.05) is 57.6 Å². The van der Waals surface area contributed by atoms with Gasteiger partial charge in [-0.2, -0.15) is 12.6 Å². The zero-order chi connectivity index (χ0) is 13.0. The third kappa shape index (κ3) is 1.66. The summed E-state index contributed by atoms with van der Waals surface area (Å²) in [5, 5.41) is 0. The molecular formula is C16H24S. The first-order valence-electron chi connectivity index (χ1n) is 6.48. The largest absolute Gasteiger partial charge is 0.179 e. The van der Waals surface area contributed by atoms with Crippen LogP contribution in [0.3, 0.4) is 0 Å². The molecule has 2 aliphatic carbocycles. The van der Waals surface area contributed by atoms with Gasteiger partial charge in [-0.05, 0) is 35.5 Å². The van der Waals surface area contributed by atoms with E-state index in [0.717, 1.165) is 5.75 Å². The molecule has 17 heavy (non-hydrogen) atoms. The van der Waals surface area contributed by atoms with Crippen LogP contribution >= 0.6 is 12.6 Å². The Labute approximate surface area is 111 Å². The number of allylic oxidation sites excluding steroid dienone is 5. The maximum atomic E-state index is 4.41. The van der Waals surface area contributed by atoms with Gasteiger partial charge in [-0.3, -0.25) is 0 Å². The maximum Gasteiger partial charge on any atom is 0.0198 e. The Morgan fingerprint density at radius 1 is 1.53 bits per heavy atom. The van der Waals surface area contributed by atoms with Crippen molar-refractivity contribution < 1.29 is 0 Å². The molecule has 2 rings (SSSR count). The number of hydrogen-bond acceptors (Lipinski definition) is 1. The van der Waals surface area contributed by atoms with E-state index in [4.69, 9.17) is 0 Å². The van der Waals surface area contributed by atoms with Gasteiger partial charge >= 0.3 is 0 Å². The molecule has 0 spiro atoms. The number of hydrogen-bond donors (Lipinski definition) is 1. The Morgan fingerprint density at radius 3 is 2.47 bits per heavy atom. The summed E-state index contributed by atoms with van der Waals surface area (Å²) in [6, 6.07) is 0. The summed E-state index contributed by atoms with van der Waals surface area (Å²) in [6.07, 6.45) is 4.82. The number of thiol groups is 1. The predicted octanol–water partition coefficient (Wildman–Crippen LogP) is 4.66. The Morgan fingerprint density at radius 2 is 2.12 bits per heavy atom. The lowest BCUT2D eigenvalue weighted by Crippen LogP contribution is -2.38. The van der Waals surface area contributed by atoms with Crippen molar-refractivity contribution in [3.05, 3.63) is 35.5 Å².